The summed E-state index contributed by atoms with van der Waals surface area (Å²) in [4.78, 5) is 41.1. The third-order valence-electron chi connectivity index (χ3n) is 11.0. The Bertz CT molecular complexity index is 2190. The third kappa shape index (κ3) is 6.84. The van der Waals surface area contributed by atoms with Crippen LogP contribution in [0.3, 0.4) is 0 Å². The number of alkyl halides is 1. The summed E-state index contributed by atoms with van der Waals surface area (Å²) < 4.78 is 53.2. The number of nitrogens with zero attached hydrogens (tertiary/aromatic N) is 9. The molecule has 54 heavy (non-hydrogen) atoms. The first-order valence-corrected chi connectivity index (χ1v) is 18.7. The number of aryl methyl sites for hydroxylation is 2. The van der Waals surface area contributed by atoms with Gasteiger partial charge in [0, 0.05) is 61.2 Å². The quantitative estimate of drug-likeness (QED) is 0.171. The Hall–Kier alpha value is -4.87. The zero-order valence-electron chi connectivity index (χ0n) is 30.0. The number of ether oxygens (including phenoxy) is 1. The number of aromatic nitrogens is 5. The topological polar surface area (TPSA) is 124 Å². The summed E-state index contributed by atoms with van der Waals surface area (Å²) in [5.41, 5.74) is 1.93. The number of hydrogen-bond acceptors (Lipinski definition) is 10. The minimum Gasteiger partial charge on any atom is -0.461 e. The SMILES string of the molecule is Cc1cc(/C=C(\F)C(=O)N2CCN(c3nc(OC[C@@]45CCCN4C[C@H](F)C5)nc4c(F)c(-c5cccc(Cl)c5C5CC5)ncc34)C[C@@H]2CC#N)nc(C)n1. The van der Waals surface area contributed by atoms with Crippen LogP contribution in [-0.4, -0.2) is 97.7 Å². The lowest BCUT2D eigenvalue weighted by Gasteiger charge is -2.41. The molecule has 1 amide bonds. The molecule has 15 heteroatoms. The first kappa shape index (κ1) is 36.1. The van der Waals surface area contributed by atoms with E-state index in [1.165, 1.54) is 11.1 Å². The van der Waals surface area contributed by atoms with Gasteiger partial charge in [0.05, 0.1) is 35.2 Å². The number of amides is 1. The van der Waals surface area contributed by atoms with Crippen LogP contribution in [-0.2, 0) is 4.79 Å². The number of nitriles is 1. The van der Waals surface area contributed by atoms with Gasteiger partial charge in [-0.3, -0.25) is 14.7 Å². The summed E-state index contributed by atoms with van der Waals surface area (Å²) in [5, 5.41) is 10.6. The van der Waals surface area contributed by atoms with E-state index in [1.807, 2.05) is 4.90 Å². The van der Waals surface area contributed by atoms with Gasteiger partial charge in [0.15, 0.2) is 11.6 Å². The number of anilines is 1. The lowest BCUT2D eigenvalue weighted by molar-refractivity contribution is -0.131. The van der Waals surface area contributed by atoms with Crippen molar-refractivity contribution < 1.29 is 22.7 Å². The van der Waals surface area contributed by atoms with E-state index < -0.39 is 35.3 Å². The van der Waals surface area contributed by atoms with E-state index in [1.54, 1.807) is 38.1 Å². The largest absolute Gasteiger partial charge is 0.461 e. The highest BCUT2D eigenvalue weighted by Crippen LogP contribution is 2.48. The van der Waals surface area contributed by atoms with E-state index >= 15 is 8.78 Å². The van der Waals surface area contributed by atoms with Gasteiger partial charge in [-0.1, -0.05) is 23.7 Å². The molecule has 3 aromatic heterocycles. The van der Waals surface area contributed by atoms with Gasteiger partial charge < -0.3 is 14.5 Å². The Kier molecular flexibility index (Phi) is 9.64. The number of fused-ring (bicyclic) bond motifs is 2. The second kappa shape index (κ2) is 14.4. The molecular weight excluding hydrogens is 719 g/mol. The van der Waals surface area contributed by atoms with Crippen LogP contribution in [0.4, 0.5) is 19.0 Å². The van der Waals surface area contributed by atoms with Crippen molar-refractivity contribution in [3.05, 3.63) is 69.9 Å². The van der Waals surface area contributed by atoms with Crippen molar-refractivity contribution in [1.29, 1.82) is 5.26 Å². The molecule has 4 fully saturated rings. The molecule has 0 N–H and O–H groups in total. The fourth-order valence-electron chi connectivity index (χ4n) is 8.44. The van der Waals surface area contributed by atoms with Crippen molar-refractivity contribution in [2.75, 3.05) is 44.2 Å². The number of hydrogen-bond donors (Lipinski definition) is 0. The Morgan fingerprint density at radius 3 is 2.76 bits per heavy atom. The molecule has 1 aliphatic carbocycles. The van der Waals surface area contributed by atoms with Gasteiger partial charge in [-0.25, -0.2) is 23.1 Å². The van der Waals surface area contributed by atoms with Crippen LogP contribution in [0.1, 0.15) is 67.2 Å². The van der Waals surface area contributed by atoms with E-state index in [9.17, 15) is 14.4 Å². The first-order chi connectivity index (χ1) is 26.0. The third-order valence-corrected chi connectivity index (χ3v) is 11.3. The minimum atomic E-state index is -1.01. The molecule has 1 saturated carbocycles. The second-order valence-corrected chi connectivity index (χ2v) is 15.2. The maximum atomic E-state index is 16.9. The summed E-state index contributed by atoms with van der Waals surface area (Å²) in [6.07, 6.45) is 5.47. The summed E-state index contributed by atoms with van der Waals surface area (Å²) in [6.45, 7) is 5.01. The van der Waals surface area contributed by atoms with Crippen molar-refractivity contribution in [3.63, 3.8) is 0 Å². The zero-order valence-corrected chi connectivity index (χ0v) is 30.8. The summed E-state index contributed by atoms with van der Waals surface area (Å²) in [5.74, 6) is -1.58. The van der Waals surface area contributed by atoms with Gasteiger partial charge in [-0.2, -0.15) is 15.2 Å². The van der Waals surface area contributed by atoms with Crippen LogP contribution in [0, 0.1) is 31.0 Å². The van der Waals surface area contributed by atoms with Crippen LogP contribution in [0.2, 0.25) is 5.02 Å². The summed E-state index contributed by atoms with van der Waals surface area (Å²) in [6, 6.07) is 8.26. The Labute approximate surface area is 315 Å². The van der Waals surface area contributed by atoms with E-state index in [0.29, 0.717) is 46.3 Å². The predicted molar refractivity (Wildman–Crippen MR) is 197 cm³/mol. The Morgan fingerprint density at radius 2 is 1.98 bits per heavy atom. The summed E-state index contributed by atoms with van der Waals surface area (Å²) >= 11 is 6.62. The molecule has 4 aliphatic rings. The van der Waals surface area contributed by atoms with Gasteiger partial charge in [-0.05, 0) is 69.7 Å². The Balaban J connectivity index is 1.15. The molecule has 0 unspecified atom stereocenters. The molecule has 0 bridgehead atoms. The van der Waals surface area contributed by atoms with Crippen LogP contribution < -0.4 is 9.64 Å². The molecule has 6 heterocycles. The molecule has 3 aliphatic heterocycles. The average molecular weight is 758 g/mol. The monoisotopic (exact) mass is 757 g/mol. The molecular formula is C39H39ClF3N9O2. The molecule has 4 aromatic rings. The second-order valence-electron chi connectivity index (χ2n) is 14.8. The fourth-order valence-corrected chi connectivity index (χ4v) is 8.77. The maximum absolute atomic E-state index is 16.9. The van der Waals surface area contributed by atoms with Gasteiger partial charge in [0.1, 0.15) is 35.6 Å². The van der Waals surface area contributed by atoms with Gasteiger partial charge in [0.25, 0.3) is 5.91 Å². The lowest BCUT2D eigenvalue weighted by atomic mass is 9.95. The van der Waals surface area contributed by atoms with Crippen molar-refractivity contribution in [2.24, 2.45) is 0 Å². The fraction of sp³-hybridized carbons (Fsp3) is 0.462. The number of carbonyl (C=O) groups is 1. The molecule has 11 nitrogen and oxygen atoms in total. The zero-order chi connectivity index (χ0) is 37.7. The van der Waals surface area contributed by atoms with E-state index in [2.05, 4.69) is 30.9 Å². The van der Waals surface area contributed by atoms with Crippen molar-refractivity contribution >= 4 is 40.3 Å². The molecule has 0 spiro atoms. The molecule has 3 saturated heterocycles. The standard InChI is InChI=1S/C39H39ClF3N9O2/c1-22-15-26(47-23(2)46-22)16-31(42)37(53)52-14-13-50(20-27(52)9-11-44)36-29-18-45-34(28-5-3-6-30(40)32(28)24-7-8-24)33(43)35(29)48-38(49-36)54-21-39-10-4-12-51(39)19-25(41)17-39/h3,5-6,15-16,18,24-25,27H,4,7-10,12-14,17,19-21H2,1-2H3/b31-16-/t25-,27+,39+/m1/s1. The predicted octanol–water partition coefficient (Wildman–Crippen LogP) is 6.67. The normalized spacial score (nSPS) is 23.2. The molecule has 280 valence electrons. The number of pyridine rings is 1. The highest BCUT2D eigenvalue weighted by molar-refractivity contribution is 6.32. The Morgan fingerprint density at radius 1 is 1.15 bits per heavy atom. The van der Waals surface area contributed by atoms with Gasteiger partial charge in [-0.15, -0.1) is 0 Å². The average Bonchev–Trinajstić information content (AvgIpc) is 3.83. The van der Waals surface area contributed by atoms with Crippen LogP contribution in [0.15, 0.2) is 36.3 Å². The van der Waals surface area contributed by atoms with Gasteiger partial charge >= 0.3 is 6.01 Å². The number of benzene rings is 1. The van der Waals surface area contributed by atoms with E-state index in [4.69, 9.17) is 21.3 Å². The molecule has 1 aromatic carbocycles. The summed E-state index contributed by atoms with van der Waals surface area (Å²) in [7, 11) is 0. The highest BCUT2D eigenvalue weighted by atomic mass is 35.5. The molecule has 8 rings (SSSR count). The number of rotatable bonds is 9. The lowest BCUT2D eigenvalue weighted by Crippen LogP contribution is -2.55. The van der Waals surface area contributed by atoms with Crippen LogP contribution >= 0.6 is 11.6 Å². The smallest absolute Gasteiger partial charge is 0.319 e. The minimum absolute atomic E-state index is 0.0166. The van der Waals surface area contributed by atoms with Gasteiger partial charge in [0.2, 0.25) is 0 Å². The van der Waals surface area contributed by atoms with Crippen LogP contribution in [0.25, 0.3) is 28.2 Å². The van der Waals surface area contributed by atoms with E-state index in [0.717, 1.165) is 43.9 Å². The molecule has 3 atom stereocenters. The first-order valence-electron chi connectivity index (χ1n) is 18.3. The van der Waals surface area contributed by atoms with Crippen molar-refractivity contribution in [1.82, 2.24) is 34.7 Å². The number of piperazine rings is 1. The van der Waals surface area contributed by atoms with Crippen molar-refractivity contribution in [2.45, 2.75) is 76.0 Å². The van der Waals surface area contributed by atoms with Crippen molar-refractivity contribution in [3.8, 4) is 23.3 Å². The van der Waals surface area contributed by atoms with Crippen LogP contribution in [0.5, 0.6) is 6.01 Å². The highest BCUT2D eigenvalue weighted by Gasteiger charge is 2.49. The maximum Gasteiger partial charge on any atom is 0.319 e. The molecule has 0 radical (unpaired) electrons. The van der Waals surface area contributed by atoms with E-state index in [-0.39, 0.29) is 61.5 Å². The number of halogens is 4. The number of carbonyl (C=O) groups excluding carboxylic acids is 1.